The van der Waals surface area contributed by atoms with Crippen molar-refractivity contribution in [1.82, 2.24) is 15.1 Å². The summed E-state index contributed by atoms with van der Waals surface area (Å²) in [5.74, 6) is -0.654. The number of carbonyl (C=O) groups is 1. The highest BCUT2D eigenvalue weighted by atomic mass is 19.1. The van der Waals surface area contributed by atoms with Crippen molar-refractivity contribution in [2.75, 3.05) is 11.9 Å². The summed E-state index contributed by atoms with van der Waals surface area (Å²) in [7, 11) is 0. The largest absolute Gasteiger partial charge is 0.337 e. The van der Waals surface area contributed by atoms with Gasteiger partial charge in [0.2, 0.25) is 0 Å². The number of rotatable bonds is 4. The lowest BCUT2D eigenvalue weighted by Crippen LogP contribution is -2.33. The third-order valence-corrected chi connectivity index (χ3v) is 3.98. The second kappa shape index (κ2) is 7.66. The van der Waals surface area contributed by atoms with Crippen molar-refractivity contribution >= 4 is 11.8 Å². The van der Waals surface area contributed by atoms with Crippen LogP contribution in [0.1, 0.15) is 52.8 Å². The number of carbonyl (C=O) groups excluding carboxylic acids is 1. The lowest BCUT2D eigenvalue weighted by Gasteiger charge is -2.23. The predicted octanol–water partition coefficient (Wildman–Crippen LogP) is 4.58. The third-order valence-electron chi connectivity index (χ3n) is 3.98. The summed E-state index contributed by atoms with van der Waals surface area (Å²) in [5.41, 5.74) is 0.918. The van der Waals surface area contributed by atoms with Crippen LogP contribution in [-0.4, -0.2) is 22.4 Å². The number of amides is 2. The van der Waals surface area contributed by atoms with Crippen molar-refractivity contribution < 1.29 is 13.6 Å². The van der Waals surface area contributed by atoms with Gasteiger partial charge in [-0.15, -0.1) is 0 Å². The maximum atomic E-state index is 13.2. The Labute approximate surface area is 159 Å². The Morgan fingerprint density at radius 1 is 1.04 bits per heavy atom. The zero-order valence-corrected chi connectivity index (χ0v) is 16.8. The molecule has 0 spiro atoms. The Kier molecular flexibility index (Phi) is 5.92. The van der Waals surface area contributed by atoms with Gasteiger partial charge in [0.1, 0.15) is 17.5 Å². The second-order valence-corrected chi connectivity index (χ2v) is 8.66. The average Bonchev–Trinajstić information content (AvgIpc) is 2.90. The molecule has 0 atom stereocenters. The van der Waals surface area contributed by atoms with Gasteiger partial charge in [0, 0.05) is 24.1 Å². The smallest absolute Gasteiger partial charge is 0.320 e. The second-order valence-electron chi connectivity index (χ2n) is 8.66. The molecule has 1 heterocycles. The molecule has 2 aromatic rings. The molecule has 5 nitrogen and oxygen atoms in total. The van der Waals surface area contributed by atoms with Gasteiger partial charge in [0.05, 0.1) is 11.2 Å². The quantitative estimate of drug-likeness (QED) is 0.818. The van der Waals surface area contributed by atoms with Gasteiger partial charge in [-0.3, -0.25) is 5.32 Å². The van der Waals surface area contributed by atoms with E-state index in [0.29, 0.717) is 17.8 Å². The molecule has 148 valence electrons. The minimum absolute atomic E-state index is 0.148. The van der Waals surface area contributed by atoms with E-state index in [9.17, 15) is 13.6 Å². The molecule has 0 aliphatic rings. The monoisotopic (exact) mass is 378 g/mol. The summed E-state index contributed by atoms with van der Waals surface area (Å²) < 4.78 is 28.2. The Balaban J connectivity index is 2.03. The van der Waals surface area contributed by atoms with Gasteiger partial charge in [0.25, 0.3) is 0 Å². The molecule has 2 amide bonds. The van der Waals surface area contributed by atoms with Crippen LogP contribution >= 0.6 is 0 Å². The van der Waals surface area contributed by atoms with Gasteiger partial charge in [0.15, 0.2) is 0 Å². The molecule has 27 heavy (non-hydrogen) atoms. The minimum Gasteiger partial charge on any atom is -0.337 e. The first-order valence-electron chi connectivity index (χ1n) is 8.97. The number of anilines is 1. The molecule has 1 aromatic carbocycles. The molecular weight excluding hydrogens is 350 g/mol. The zero-order valence-electron chi connectivity index (χ0n) is 16.8. The standard InChI is InChI=1S/C20H28F2N4O/c1-19(2,3)16-12-17(26(25-16)20(4,5)6)24-18(27)23-8-7-13-9-14(21)11-15(22)10-13/h9-12H,7-8H2,1-6H3,(H2,23,24,27). The Bertz CT molecular complexity index is 796. The van der Waals surface area contributed by atoms with Crippen LogP contribution in [-0.2, 0) is 17.4 Å². The molecule has 0 fully saturated rings. The molecule has 0 aliphatic heterocycles. The van der Waals surface area contributed by atoms with Gasteiger partial charge in [-0.05, 0) is 44.9 Å². The number of halogens is 2. The van der Waals surface area contributed by atoms with Gasteiger partial charge in [-0.2, -0.15) is 5.10 Å². The SMILES string of the molecule is CC(C)(C)c1cc(NC(=O)NCCc2cc(F)cc(F)c2)n(C(C)(C)C)n1. The van der Waals surface area contributed by atoms with Crippen LogP contribution in [0, 0.1) is 11.6 Å². The van der Waals surface area contributed by atoms with E-state index in [-0.39, 0.29) is 17.5 Å². The molecule has 2 rings (SSSR count). The summed E-state index contributed by atoms with van der Waals surface area (Å²) in [6.07, 6.45) is 0.327. The van der Waals surface area contributed by atoms with Crippen molar-refractivity contribution in [2.24, 2.45) is 0 Å². The fourth-order valence-corrected chi connectivity index (χ4v) is 2.58. The van der Waals surface area contributed by atoms with Crippen LogP contribution < -0.4 is 10.6 Å². The maximum absolute atomic E-state index is 13.2. The van der Waals surface area contributed by atoms with Crippen molar-refractivity contribution in [1.29, 1.82) is 0 Å². The fourth-order valence-electron chi connectivity index (χ4n) is 2.58. The van der Waals surface area contributed by atoms with E-state index >= 15 is 0 Å². The zero-order chi connectivity index (χ0) is 20.4. The molecule has 0 unspecified atom stereocenters. The number of urea groups is 1. The summed E-state index contributed by atoms with van der Waals surface area (Å²) in [6, 6.07) is 4.81. The molecule has 7 heteroatoms. The van der Waals surface area contributed by atoms with Crippen LogP contribution in [0.25, 0.3) is 0 Å². The third kappa shape index (κ3) is 5.77. The highest BCUT2D eigenvalue weighted by molar-refractivity contribution is 5.88. The lowest BCUT2D eigenvalue weighted by molar-refractivity contribution is 0.251. The Morgan fingerprint density at radius 3 is 2.15 bits per heavy atom. The van der Waals surface area contributed by atoms with E-state index in [1.165, 1.54) is 12.1 Å². The summed E-state index contributed by atoms with van der Waals surface area (Å²) in [6.45, 7) is 12.5. The number of benzene rings is 1. The van der Waals surface area contributed by atoms with E-state index in [1.807, 2.05) is 26.8 Å². The lowest BCUT2D eigenvalue weighted by atomic mass is 9.92. The van der Waals surface area contributed by atoms with Crippen LogP contribution in [0.15, 0.2) is 24.3 Å². The van der Waals surface area contributed by atoms with E-state index in [2.05, 4.69) is 36.5 Å². The normalized spacial score (nSPS) is 12.1. The Hall–Kier alpha value is -2.44. The van der Waals surface area contributed by atoms with Gasteiger partial charge < -0.3 is 5.32 Å². The number of nitrogens with one attached hydrogen (secondary N) is 2. The number of hydrogen-bond donors (Lipinski definition) is 2. The first-order chi connectivity index (χ1) is 12.4. The van der Waals surface area contributed by atoms with Crippen molar-refractivity contribution in [2.45, 2.75) is 58.9 Å². The summed E-state index contributed by atoms with van der Waals surface area (Å²) in [4.78, 5) is 12.3. The highest BCUT2D eigenvalue weighted by Gasteiger charge is 2.25. The molecule has 2 N–H and O–H groups in total. The first-order valence-corrected chi connectivity index (χ1v) is 8.97. The first kappa shape index (κ1) is 20.9. The minimum atomic E-state index is -0.627. The number of nitrogens with zero attached hydrogens (tertiary/aromatic N) is 2. The van der Waals surface area contributed by atoms with Crippen LogP contribution in [0.3, 0.4) is 0 Å². The van der Waals surface area contributed by atoms with Gasteiger partial charge >= 0.3 is 6.03 Å². The maximum Gasteiger partial charge on any atom is 0.320 e. The fraction of sp³-hybridized carbons (Fsp3) is 0.500. The summed E-state index contributed by atoms with van der Waals surface area (Å²) >= 11 is 0. The van der Waals surface area contributed by atoms with Gasteiger partial charge in [-0.25, -0.2) is 18.3 Å². The summed E-state index contributed by atoms with van der Waals surface area (Å²) in [5, 5.41) is 10.2. The number of aromatic nitrogens is 2. The molecule has 0 saturated carbocycles. The molecular formula is C20H28F2N4O. The van der Waals surface area contributed by atoms with Crippen LogP contribution in [0.4, 0.5) is 19.4 Å². The molecule has 1 aromatic heterocycles. The van der Waals surface area contributed by atoms with Gasteiger partial charge in [-0.1, -0.05) is 20.8 Å². The molecule has 0 saturated heterocycles. The van der Waals surface area contributed by atoms with Crippen LogP contribution in [0.2, 0.25) is 0 Å². The van der Waals surface area contributed by atoms with Crippen molar-refractivity contribution in [3.8, 4) is 0 Å². The Morgan fingerprint density at radius 2 is 1.63 bits per heavy atom. The predicted molar refractivity (Wildman–Crippen MR) is 103 cm³/mol. The van der Waals surface area contributed by atoms with E-state index in [1.54, 1.807) is 4.68 Å². The highest BCUT2D eigenvalue weighted by Crippen LogP contribution is 2.28. The van der Waals surface area contributed by atoms with E-state index in [0.717, 1.165) is 11.8 Å². The van der Waals surface area contributed by atoms with Crippen molar-refractivity contribution in [3.63, 3.8) is 0 Å². The topological polar surface area (TPSA) is 59.0 Å². The average molecular weight is 378 g/mol. The van der Waals surface area contributed by atoms with E-state index in [4.69, 9.17) is 0 Å². The number of hydrogen-bond acceptors (Lipinski definition) is 2. The molecule has 0 bridgehead atoms. The molecule has 0 aliphatic carbocycles. The van der Waals surface area contributed by atoms with Crippen LogP contribution in [0.5, 0.6) is 0 Å². The molecule has 0 radical (unpaired) electrons. The van der Waals surface area contributed by atoms with E-state index < -0.39 is 17.7 Å². The van der Waals surface area contributed by atoms with Crippen molar-refractivity contribution in [3.05, 3.63) is 47.2 Å².